The van der Waals surface area contributed by atoms with Crippen LogP contribution in [0.1, 0.15) is 56.9 Å². The highest BCUT2D eigenvalue weighted by atomic mass is 32.2. The van der Waals surface area contributed by atoms with Crippen molar-refractivity contribution in [1.82, 2.24) is 19.1 Å². The first-order chi connectivity index (χ1) is 20.1. The van der Waals surface area contributed by atoms with Crippen LogP contribution in [0.25, 0.3) is 10.9 Å². The number of rotatable bonds is 7. The van der Waals surface area contributed by atoms with Gasteiger partial charge in [-0.25, -0.2) is 22.0 Å². The molecule has 18 heteroatoms. The molecule has 2 aliphatic rings. The summed E-state index contributed by atoms with van der Waals surface area (Å²) in [4.78, 5) is 49.8. The van der Waals surface area contributed by atoms with Crippen LogP contribution in [0.15, 0.2) is 15.3 Å². The van der Waals surface area contributed by atoms with Crippen LogP contribution in [-0.4, -0.2) is 75.6 Å². The third kappa shape index (κ3) is 5.33. The summed E-state index contributed by atoms with van der Waals surface area (Å²) in [5, 5.41) is 21.0. The number of hydrogen-bond donors (Lipinski definition) is 3. The lowest BCUT2D eigenvalue weighted by Crippen LogP contribution is -2.59. The summed E-state index contributed by atoms with van der Waals surface area (Å²) in [7, 11) is -4.23. The Kier molecular flexibility index (Phi) is 7.72. The molecule has 0 spiro atoms. The molecule has 2 unspecified atom stereocenters. The first-order valence-electron chi connectivity index (χ1n) is 13.1. The number of sulfonamides is 1. The van der Waals surface area contributed by atoms with Gasteiger partial charge in [0.05, 0.1) is 16.6 Å². The van der Waals surface area contributed by atoms with Crippen molar-refractivity contribution in [3.8, 4) is 0 Å². The molecule has 0 bridgehead atoms. The van der Waals surface area contributed by atoms with Gasteiger partial charge in [0.2, 0.25) is 26.7 Å². The van der Waals surface area contributed by atoms with E-state index in [4.69, 9.17) is 0 Å². The fourth-order valence-electron chi connectivity index (χ4n) is 5.46. The number of amides is 2. The van der Waals surface area contributed by atoms with Crippen LogP contribution in [0.3, 0.4) is 0 Å². The van der Waals surface area contributed by atoms with E-state index in [0.29, 0.717) is 24.2 Å². The van der Waals surface area contributed by atoms with Crippen molar-refractivity contribution < 1.29 is 36.7 Å². The van der Waals surface area contributed by atoms with Crippen LogP contribution < -0.4 is 21.0 Å². The lowest BCUT2D eigenvalue weighted by molar-refractivity contribution is -0.115. The molecule has 3 N–H and O–H groups in total. The molecule has 3 aromatic rings. The lowest BCUT2D eigenvalue weighted by atomic mass is 10.0. The van der Waals surface area contributed by atoms with Crippen LogP contribution in [-0.2, 0) is 19.6 Å². The summed E-state index contributed by atoms with van der Waals surface area (Å²) in [6.07, 6.45) is 2.16. The summed E-state index contributed by atoms with van der Waals surface area (Å²) in [6, 6.07) is -2.03. The Hall–Kier alpha value is -4.03. The summed E-state index contributed by atoms with van der Waals surface area (Å²) in [5.41, 5.74) is -3.45. The zero-order valence-electron chi connectivity index (χ0n) is 23.3. The molecule has 2 amide bonds. The number of carbonyl (C=O) groups is 3. The van der Waals surface area contributed by atoms with Crippen LogP contribution in [0.2, 0.25) is 0 Å². The summed E-state index contributed by atoms with van der Waals surface area (Å²) in [5.74, 6) is -5.24. The SMILES string of the molecule is CC(=O)Nc1nnc(S(=O)(=O)N2C(C)CN(c3c(F)c(NC(C)=O)c4c(=O)c(C(=O)O)cn(C5CC5)c4c3F)CC2C)s1. The minimum atomic E-state index is -4.23. The molecule has 43 heavy (non-hydrogen) atoms. The van der Waals surface area contributed by atoms with Crippen LogP contribution in [0.5, 0.6) is 0 Å². The third-order valence-corrected chi connectivity index (χ3v) is 10.5. The van der Waals surface area contributed by atoms with E-state index in [1.807, 2.05) is 0 Å². The van der Waals surface area contributed by atoms with E-state index in [1.165, 1.54) is 16.4 Å². The Morgan fingerprint density at radius 2 is 1.63 bits per heavy atom. The molecule has 1 aromatic carbocycles. The number of aromatic carboxylic acids is 1. The molecule has 2 atom stereocenters. The van der Waals surface area contributed by atoms with Crippen LogP contribution in [0.4, 0.5) is 25.3 Å². The predicted molar refractivity (Wildman–Crippen MR) is 152 cm³/mol. The van der Waals surface area contributed by atoms with Gasteiger partial charge in [-0.3, -0.25) is 14.4 Å². The molecule has 2 fully saturated rings. The largest absolute Gasteiger partial charge is 0.477 e. The Labute approximate surface area is 247 Å². The van der Waals surface area contributed by atoms with Crippen molar-refractivity contribution in [2.24, 2.45) is 0 Å². The zero-order chi connectivity index (χ0) is 31.5. The molecule has 2 aromatic heterocycles. The minimum Gasteiger partial charge on any atom is -0.477 e. The van der Waals surface area contributed by atoms with Gasteiger partial charge in [-0.2, -0.15) is 4.31 Å². The van der Waals surface area contributed by atoms with Crippen molar-refractivity contribution in [1.29, 1.82) is 0 Å². The summed E-state index contributed by atoms with van der Waals surface area (Å²) in [6.45, 7) is 4.99. The Bertz CT molecular complexity index is 1840. The molecule has 14 nitrogen and oxygen atoms in total. The first-order valence-corrected chi connectivity index (χ1v) is 15.4. The number of nitrogens with one attached hydrogen (secondary N) is 2. The van der Waals surface area contributed by atoms with Gasteiger partial charge in [0.15, 0.2) is 11.6 Å². The number of carboxylic acid groups (broad SMARTS) is 1. The number of nitrogens with zero attached hydrogens (tertiary/aromatic N) is 5. The van der Waals surface area contributed by atoms with Gasteiger partial charge < -0.3 is 25.2 Å². The van der Waals surface area contributed by atoms with Gasteiger partial charge in [-0.15, -0.1) is 10.2 Å². The predicted octanol–water partition coefficient (Wildman–Crippen LogP) is 2.37. The van der Waals surface area contributed by atoms with E-state index < -0.39 is 79.3 Å². The van der Waals surface area contributed by atoms with Gasteiger partial charge in [0, 0.05) is 51.3 Å². The van der Waals surface area contributed by atoms with E-state index >= 15 is 8.78 Å². The van der Waals surface area contributed by atoms with Gasteiger partial charge in [0.25, 0.3) is 10.0 Å². The maximum atomic E-state index is 16.5. The molecular weight excluding hydrogens is 612 g/mol. The van der Waals surface area contributed by atoms with Crippen molar-refractivity contribution >= 4 is 66.6 Å². The second-order valence-corrected chi connectivity index (χ2v) is 13.6. The zero-order valence-corrected chi connectivity index (χ0v) is 25.0. The number of carbonyl (C=O) groups excluding carboxylic acids is 2. The number of anilines is 3. The topological polar surface area (TPSA) is 184 Å². The number of benzene rings is 1. The van der Waals surface area contributed by atoms with Crippen molar-refractivity contribution in [3.05, 3.63) is 33.6 Å². The molecule has 1 aliphatic carbocycles. The van der Waals surface area contributed by atoms with Gasteiger partial charge in [-0.1, -0.05) is 11.3 Å². The Morgan fingerprint density at radius 1 is 1.02 bits per heavy atom. The molecule has 1 saturated carbocycles. The molecule has 1 aliphatic heterocycles. The molecular formula is C25H27F2N7O7S2. The van der Waals surface area contributed by atoms with E-state index in [9.17, 15) is 32.7 Å². The Balaban J connectivity index is 1.62. The highest BCUT2D eigenvalue weighted by molar-refractivity contribution is 7.91. The smallest absolute Gasteiger partial charge is 0.341 e. The van der Waals surface area contributed by atoms with Gasteiger partial charge >= 0.3 is 5.97 Å². The molecule has 230 valence electrons. The molecule has 0 radical (unpaired) electrons. The van der Waals surface area contributed by atoms with Crippen molar-refractivity contribution in [2.45, 2.75) is 63.0 Å². The number of fused-ring (bicyclic) bond motifs is 1. The quantitative estimate of drug-likeness (QED) is 0.324. The van der Waals surface area contributed by atoms with Crippen LogP contribution in [0, 0.1) is 11.6 Å². The van der Waals surface area contributed by atoms with E-state index in [2.05, 4.69) is 20.8 Å². The molecule has 5 rings (SSSR count). The fraction of sp³-hybridized carbons (Fsp3) is 0.440. The standard InChI is InChI=1S/C25H27F2N7O7S2/c1-10-7-32(8-11(2)34(10)43(40,41)25-31-30-24(42-25)29-13(4)36)21-17(26)19(28-12(3)35)16-20(18(21)27)33(14-5-6-14)9-15(22(16)37)23(38)39/h9-11,14H,5-8H2,1-4H3,(H,28,35)(H,38,39)(H,29,30,36). The van der Waals surface area contributed by atoms with Crippen molar-refractivity contribution in [3.63, 3.8) is 0 Å². The fourth-order valence-corrected chi connectivity index (χ4v) is 8.30. The van der Waals surface area contributed by atoms with Crippen molar-refractivity contribution in [2.75, 3.05) is 28.6 Å². The number of carboxylic acids is 1. The number of piperazine rings is 1. The minimum absolute atomic E-state index is 0.0106. The Morgan fingerprint density at radius 3 is 2.16 bits per heavy atom. The summed E-state index contributed by atoms with van der Waals surface area (Å²) < 4.78 is 61.8. The van der Waals surface area contributed by atoms with E-state index in [1.54, 1.807) is 13.8 Å². The number of hydrogen-bond acceptors (Lipinski definition) is 10. The lowest BCUT2D eigenvalue weighted by Gasteiger charge is -2.44. The molecule has 3 heterocycles. The monoisotopic (exact) mass is 639 g/mol. The van der Waals surface area contributed by atoms with Gasteiger partial charge in [0.1, 0.15) is 11.3 Å². The summed E-state index contributed by atoms with van der Waals surface area (Å²) >= 11 is 0.660. The maximum Gasteiger partial charge on any atom is 0.341 e. The average Bonchev–Trinajstić information content (AvgIpc) is 3.62. The highest BCUT2D eigenvalue weighted by Gasteiger charge is 2.43. The highest BCUT2D eigenvalue weighted by Crippen LogP contribution is 2.43. The number of halogens is 2. The average molecular weight is 640 g/mol. The normalized spacial score (nSPS) is 19.4. The van der Waals surface area contributed by atoms with E-state index in [-0.39, 0.29) is 34.1 Å². The second-order valence-electron chi connectivity index (χ2n) is 10.6. The number of pyridine rings is 1. The van der Waals surface area contributed by atoms with Gasteiger partial charge in [-0.05, 0) is 26.7 Å². The third-order valence-electron chi connectivity index (χ3n) is 7.14. The number of aromatic nitrogens is 3. The van der Waals surface area contributed by atoms with Crippen LogP contribution >= 0.6 is 11.3 Å². The van der Waals surface area contributed by atoms with E-state index in [0.717, 1.165) is 17.4 Å². The molecule has 1 saturated heterocycles. The second kappa shape index (κ2) is 10.9. The maximum absolute atomic E-state index is 16.5. The first kappa shape index (κ1) is 30.4.